The summed E-state index contributed by atoms with van der Waals surface area (Å²) >= 11 is 0. The minimum absolute atomic E-state index is 0.186. The van der Waals surface area contributed by atoms with Crippen LogP contribution in [-0.4, -0.2) is 68.4 Å². The van der Waals surface area contributed by atoms with Gasteiger partial charge in [0, 0.05) is 58.2 Å². The number of nitrogens with zero attached hydrogens (tertiary/aromatic N) is 3. The predicted octanol–water partition coefficient (Wildman–Crippen LogP) is 3.43. The molecule has 1 spiro atoms. The summed E-state index contributed by atoms with van der Waals surface area (Å²) in [6, 6.07) is 8.09. The molecule has 0 aromatic heterocycles. The van der Waals surface area contributed by atoms with Crippen LogP contribution in [0.3, 0.4) is 0 Å². The highest BCUT2D eigenvalue weighted by molar-refractivity contribution is 5.91. The zero-order valence-electron chi connectivity index (χ0n) is 17.4. The summed E-state index contributed by atoms with van der Waals surface area (Å²) in [6.07, 6.45) is 3.24. The lowest BCUT2D eigenvalue weighted by Gasteiger charge is -2.46. The molecule has 0 bridgehead atoms. The highest BCUT2D eigenvalue weighted by Crippen LogP contribution is 2.45. The second-order valence-electron chi connectivity index (χ2n) is 8.37. The number of para-hydroxylation sites is 1. The molecule has 0 radical (unpaired) electrons. The molecular formula is C22H31N3O4. The Balaban J connectivity index is 1.33. The van der Waals surface area contributed by atoms with Crippen LogP contribution >= 0.6 is 0 Å². The van der Waals surface area contributed by atoms with Crippen molar-refractivity contribution >= 4 is 17.9 Å². The molecule has 1 aromatic rings. The Kier molecular flexibility index (Phi) is 5.67. The van der Waals surface area contributed by atoms with E-state index in [2.05, 4.69) is 11.0 Å². The highest BCUT2D eigenvalue weighted by atomic mass is 16.6. The van der Waals surface area contributed by atoms with Crippen LogP contribution < -0.4 is 4.90 Å². The summed E-state index contributed by atoms with van der Waals surface area (Å²) in [6.45, 7) is 6.71. The fourth-order valence-corrected chi connectivity index (χ4v) is 4.89. The molecule has 158 valence electrons. The average Bonchev–Trinajstić information content (AvgIpc) is 2.74. The number of piperidine rings is 2. The van der Waals surface area contributed by atoms with Gasteiger partial charge in [0.1, 0.15) is 5.60 Å². The normalized spacial score (nSPS) is 22.3. The first kappa shape index (κ1) is 20.0. The zero-order chi connectivity index (χ0) is 20.4. The van der Waals surface area contributed by atoms with E-state index in [1.807, 2.05) is 30.0 Å². The van der Waals surface area contributed by atoms with E-state index in [-0.39, 0.29) is 12.2 Å². The topological polar surface area (TPSA) is 62.3 Å². The Morgan fingerprint density at radius 2 is 1.86 bits per heavy atom. The largest absolute Gasteiger partial charge is 0.450 e. The van der Waals surface area contributed by atoms with Gasteiger partial charge in [0.2, 0.25) is 0 Å². The van der Waals surface area contributed by atoms with Crippen LogP contribution in [0.1, 0.15) is 38.2 Å². The van der Waals surface area contributed by atoms with Gasteiger partial charge in [-0.2, -0.15) is 0 Å². The molecule has 3 heterocycles. The molecule has 7 heteroatoms. The summed E-state index contributed by atoms with van der Waals surface area (Å²) in [5, 5.41) is 0. The molecule has 0 unspecified atom stereocenters. The van der Waals surface area contributed by atoms with Crippen molar-refractivity contribution in [2.24, 2.45) is 5.92 Å². The molecule has 3 aliphatic heterocycles. The molecule has 3 aliphatic rings. The van der Waals surface area contributed by atoms with Gasteiger partial charge in [-0.3, -0.25) is 4.90 Å². The van der Waals surface area contributed by atoms with Crippen LogP contribution in [0.2, 0.25) is 0 Å². The summed E-state index contributed by atoms with van der Waals surface area (Å²) < 4.78 is 11.1. The number of hydrogen-bond donors (Lipinski definition) is 0. The number of hydrogen-bond acceptors (Lipinski definition) is 5. The van der Waals surface area contributed by atoms with E-state index >= 15 is 0 Å². The van der Waals surface area contributed by atoms with Gasteiger partial charge >= 0.3 is 12.2 Å². The molecule has 0 aliphatic carbocycles. The average molecular weight is 402 g/mol. The van der Waals surface area contributed by atoms with Gasteiger partial charge in [0.15, 0.2) is 0 Å². The lowest BCUT2D eigenvalue weighted by Crippen LogP contribution is -2.51. The zero-order valence-corrected chi connectivity index (χ0v) is 17.4. The maximum atomic E-state index is 12.4. The quantitative estimate of drug-likeness (QED) is 0.777. The SMILES string of the molecule is CCOC(=O)N1CCC(CN2CCC3(CC2)OC(=O)N(C)c2ccccc23)CC1. The molecule has 0 saturated carbocycles. The Morgan fingerprint density at radius 3 is 2.55 bits per heavy atom. The van der Waals surface area contributed by atoms with E-state index in [0.29, 0.717) is 12.5 Å². The number of ether oxygens (including phenoxy) is 2. The molecule has 0 N–H and O–H groups in total. The Morgan fingerprint density at radius 1 is 1.17 bits per heavy atom. The maximum Gasteiger partial charge on any atom is 0.414 e. The van der Waals surface area contributed by atoms with Crippen molar-refractivity contribution in [1.82, 2.24) is 9.80 Å². The van der Waals surface area contributed by atoms with E-state index < -0.39 is 5.60 Å². The first-order valence-electron chi connectivity index (χ1n) is 10.7. The van der Waals surface area contributed by atoms with Gasteiger partial charge < -0.3 is 19.3 Å². The van der Waals surface area contributed by atoms with Crippen LogP contribution in [0.25, 0.3) is 0 Å². The van der Waals surface area contributed by atoms with Gasteiger partial charge in [0.05, 0.1) is 12.3 Å². The monoisotopic (exact) mass is 401 g/mol. The van der Waals surface area contributed by atoms with Gasteiger partial charge in [-0.15, -0.1) is 0 Å². The Hall–Kier alpha value is -2.28. The fraction of sp³-hybridized carbons (Fsp3) is 0.636. The van der Waals surface area contributed by atoms with Gasteiger partial charge in [-0.1, -0.05) is 18.2 Å². The highest BCUT2D eigenvalue weighted by Gasteiger charge is 2.46. The predicted molar refractivity (Wildman–Crippen MR) is 110 cm³/mol. The first-order chi connectivity index (χ1) is 14.0. The van der Waals surface area contributed by atoms with Gasteiger partial charge in [-0.05, 0) is 31.7 Å². The standard InChI is InChI=1S/C22H31N3O4/c1-3-28-21(27)25-12-8-17(9-13-25)16-24-14-10-22(11-15-24)18-6-4-5-7-19(18)23(2)20(26)29-22/h4-7,17H,3,8-16H2,1-2H3. The molecule has 2 fully saturated rings. The van der Waals surface area contributed by atoms with Crippen molar-refractivity contribution < 1.29 is 19.1 Å². The second-order valence-corrected chi connectivity index (χ2v) is 8.37. The lowest BCUT2D eigenvalue weighted by atomic mass is 9.81. The van der Waals surface area contributed by atoms with Crippen LogP contribution in [0, 0.1) is 5.92 Å². The van der Waals surface area contributed by atoms with Crippen molar-refractivity contribution in [1.29, 1.82) is 0 Å². The first-order valence-corrected chi connectivity index (χ1v) is 10.7. The summed E-state index contributed by atoms with van der Waals surface area (Å²) in [5.74, 6) is 0.599. The van der Waals surface area contributed by atoms with E-state index in [1.54, 1.807) is 11.9 Å². The van der Waals surface area contributed by atoms with Crippen molar-refractivity contribution in [3.63, 3.8) is 0 Å². The lowest BCUT2D eigenvalue weighted by molar-refractivity contribution is -0.0449. The van der Waals surface area contributed by atoms with E-state index in [0.717, 1.165) is 69.7 Å². The van der Waals surface area contributed by atoms with Crippen molar-refractivity contribution in [2.75, 3.05) is 51.3 Å². The molecule has 1 aromatic carbocycles. The molecule has 2 amide bonds. The summed E-state index contributed by atoms with van der Waals surface area (Å²) in [5.41, 5.74) is 1.59. The van der Waals surface area contributed by atoms with Gasteiger partial charge in [0.25, 0.3) is 0 Å². The summed E-state index contributed by atoms with van der Waals surface area (Å²) in [4.78, 5) is 30.2. The van der Waals surface area contributed by atoms with Crippen LogP contribution in [0.4, 0.5) is 15.3 Å². The number of fused-ring (bicyclic) bond motifs is 2. The fourth-order valence-electron chi connectivity index (χ4n) is 4.89. The number of likely N-dealkylation sites (tertiary alicyclic amines) is 2. The minimum Gasteiger partial charge on any atom is -0.450 e. The molecule has 0 atom stereocenters. The Bertz CT molecular complexity index is 752. The third kappa shape index (κ3) is 3.92. The summed E-state index contributed by atoms with van der Waals surface area (Å²) in [7, 11) is 1.77. The molecule has 29 heavy (non-hydrogen) atoms. The smallest absolute Gasteiger partial charge is 0.414 e. The number of rotatable bonds is 3. The Labute approximate surface area is 172 Å². The minimum atomic E-state index is -0.496. The van der Waals surface area contributed by atoms with Crippen LogP contribution in [0.15, 0.2) is 24.3 Å². The van der Waals surface area contributed by atoms with Gasteiger partial charge in [-0.25, -0.2) is 9.59 Å². The van der Waals surface area contributed by atoms with E-state index in [9.17, 15) is 9.59 Å². The van der Waals surface area contributed by atoms with Crippen LogP contribution in [-0.2, 0) is 15.1 Å². The number of benzene rings is 1. The molecule has 2 saturated heterocycles. The third-order valence-corrected chi connectivity index (χ3v) is 6.63. The molecule has 7 nitrogen and oxygen atoms in total. The number of amides is 2. The van der Waals surface area contributed by atoms with Crippen LogP contribution in [0.5, 0.6) is 0 Å². The van der Waals surface area contributed by atoms with E-state index in [4.69, 9.17) is 9.47 Å². The maximum absolute atomic E-state index is 12.4. The third-order valence-electron chi connectivity index (χ3n) is 6.63. The van der Waals surface area contributed by atoms with E-state index in [1.165, 1.54) is 0 Å². The molecular weight excluding hydrogens is 370 g/mol. The second kappa shape index (κ2) is 8.22. The number of carbonyl (C=O) groups is 2. The van der Waals surface area contributed by atoms with Crippen molar-refractivity contribution in [3.05, 3.63) is 29.8 Å². The number of carbonyl (C=O) groups excluding carboxylic acids is 2. The number of anilines is 1. The van der Waals surface area contributed by atoms with Crippen molar-refractivity contribution in [2.45, 2.75) is 38.2 Å². The molecule has 4 rings (SSSR count). The van der Waals surface area contributed by atoms with Crippen molar-refractivity contribution in [3.8, 4) is 0 Å².